The SMILES string of the molecule is C=CCCCNc1ccc(SN2CCN(c3cc(C(F)(F)C45CCC(C(=C)N(CCCN)CCCN)(CC4)C5)cc(Cl)n3)CC2)cc1. The Morgan fingerprint density at radius 3 is 2.30 bits per heavy atom. The van der Waals surface area contributed by atoms with Crippen molar-refractivity contribution < 1.29 is 8.78 Å². The zero-order chi connectivity index (χ0) is 33.5. The maximum atomic E-state index is 16.7. The molecule has 3 aliphatic rings. The number of nitrogens with two attached hydrogens (primary N) is 2. The van der Waals surface area contributed by atoms with E-state index in [1.54, 1.807) is 18.0 Å². The number of nitrogens with zero attached hydrogens (tertiary/aromatic N) is 4. The second-order valence-electron chi connectivity index (χ2n) is 13.5. The zero-order valence-corrected chi connectivity index (χ0v) is 29.2. The van der Waals surface area contributed by atoms with Gasteiger partial charge in [-0.05, 0) is 119 Å². The van der Waals surface area contributed by atoms with Gasteiger partial charge in [0.25, 0.3) is 5.92 Å². The van der Waals surface area contributed by atoms with E-state index in [4.69, 9.17) is 23.1 Å². The van der Waals surface area contributed by atoms with Crippen molar-refractivity contribution in [3.63, 3.8) is 0 Å². The van der Waals surface area contributed by atoms with Crippen LogP contribution in [0.3, 0.4) is 0 Å². The number of allylic oxidation sites excluding steroid dienone is 2. The first kappa shape index (κ1) is 35.9. The first-order valence-corrected chi connectivity index (χ1v) is 18.3. The third-order valence-electron chi connectivity index (χ3n) is 10.5. The molecule has 2 bridgehead atoms. The van der Waals surface area contributed by atoms with E-state index in [1.807, 2.05) is 6.08 Å². The number of aromatic nitrogens is 1. The summed E-state index contributed by atoms with van der Waals surface area (Å²) in [5, 5.41) is 3.56. The van der Waals surface area contributed by atoms with Crippen LogP contribution < -0.4 is 21.7 Å². The standard InChI is InChI=1S/C36H52ClF2N7S/c1-3-4-5-18-42-30-8-10-31(11-9-30)47-46-23-21-45(22-24-46)33-26-29(25-32(37)43-33)36(38,39)35-14-12-34(27-35,13-15-35)28(2)44(19-6-16-40)20-7-17-41/h3,8-11,25-26,42H,1-2,4-7,12-24,27,40-41H2. The van der Waals surface area contributed by atoms with Gasteiger partial charge in [0.05, 0.1) is 0 Å². The first-order valence-electron chi connectivity index (χ1n) is 17.2. The number of alkyl halides is 2. The van der Waals surface area contributed by atoms with Crippen LogP contribution in [0, 0.1) is 10.8 Å². The lowest BCUT2D eigenvalue weighted by Crippen LogP contribution is -2.44. The Kier molecular flexibility index (Phi) is 12.1. The molecule has 47 heavy (non-hydrogen) atoms. The van der Waals surface area contributed by atoms with E-state index in [0.29, 0.717) is 51.3 Å². The highest BCUT2D eigenvalue weighted by molar-refractivity contribution is 7.97. The highest BCUT2D eigenvalue weighted by atomic mass is 35.5. The van der Waals surface area contributed by atoms with E-state index < -0.39 is 11.3 Å². The molecule has 258 valence electrons. The van der Waals surface area contributed by atoms with E-state index >= 15 is 8.78 Å². The average Bonchev–Trinajstić information content (AvgIpc) is 3.68. The summed E-state index contributed by atoms with van der Waals surface area (Å²) in [4.78, 5) is 10.0. The number of halogens is 3. The van der Waals surface area contributed by atoms with Crippen LogP contribution in [-0.4, -0.2) is 73.1 Å². The fourth-order valence-corrected chi connectivity index (χ4v) is 8.81. The van der Waals surface area contributed by atoms with Crippen molar-refractivity contribution in [3.05, 3.63) is 72.0 Å². The van der Waals surface area contributed by atoms with Crippen molar-refractivity contribution in [3.8, 4) is 0 Å². The molecule has 0 unspecified atom stereocenters. The quantitative estimate of drug-likeness (QED) is 0.0643. The highest BCUT2D eigenvalue weighted by Gasteiger charge is 2.66. The lowest BCUT2D eigenvalue weighted by Gasteiger charge is -2.38. The molecule has 2 saturated carbocycles. The van der Waals surface area contributed by atoms with Gasteiger partial charge in [0.2, 0.25) is 0 Å². The molecule has 0 amide bonds. The molecule has 1 aromatic heterocycles. The number of hydrogen-bond donors (Lipinski definition) is 3. The van der Waals surface area contributed by atoms with E-state index in [1.165, 1.54) is 11.0 Å². The number of nitrogens with one attached hydrogen (secondary N) is 1. The number of piperazine rings is 1. The van der Waals surface area contributed by atoms with Crippen LogP contribution in [0.1, 0.15) is 63.4 Å². The Balaban J connectivity index is 1.21. The molecule has 2 aromatic rings. The number of anilines is 2. The van der Waals surface area contributed by atoms with Crippen molar-refractivity contribution in [1.29, 1.82) is 0 Å². The lowest BCUT2D eigenvalue weighted by molar-refractivity contribution is -0.126. The molecule has 2 aliphatic carbocycles. The van der Waals surface area contributed by atoms with E-state index in [0.717, 1.165) is 82.6 Å². The summed E-state index contributed by atoms with van der Waals surface area (Å²) in [6.45, 7) is 14.9. The van der Waals surface area contributed by atoms with Crippen LogP contribution in [0.2, 0.25) is 5.15 Å². The predicted molar refractivity (Wildman–Crippen MR) is 193 cm³/mol. The van der Waals surface area contributed by atoms with Gasteiger partial charge in [-0.15, -0.1) is 6.58 Å². The summed E-state index contributed by atoms with van der Waals surface area (Å²) < 4.78 is 35.8. The van der Waals surface area contributed by atoms with Gasteiger partial charge in [-0.2, -0.15) is 0 Å². The van der Waals surface area contributed by atoms with Gasteiger partial charge in [0.1, 0.15) is 11.0 Å². The molecule has 0 radical (unpaired) electrons. The van der Waals surface area contributed by atoms with Crippen molar-refractivity contribution in [2.75, 3.05) is 69.1 Å². The molecular weight excluding hydrogens is 636 g/mol. The summed E-state index contributed by atoms with van der Waals surface area (Å²) in [6.07, 6.45) is 8.52. The zero-order valence-electron chi connectivity index (χ0n) is 27.7. The molecule has 11 heteroatoms. The summed E-state index contributed by atoms with van der Waals surface area (Å²) in [5.41, 5.74) is 12.3. The third-order valence-corrected chi connectivity index (χ3v) is 11.8. The molecule has 5 N–H and O–H groups in total. The molecule has 3 fully saturated rings. The van der Waals surface area contributed by atoms with Crippen LogP contribution in [0.4, 0.5) is 20.3 Å². The Morgan fingerprint density at radius 1 is 1.02 bits per heavy atom. The fraction of sp³-hybridized carbons (Fsp3) is 0.583. The average molecular weight is 688 g/mol. The van der Waals surface area contributed by atoms with Gasteiger partial charge < -0.3 is 26.6 Å². The molecular formula is C36H52ClF2N7S. The second-order valence-corrected chi connectivity index (χ2v) is 15.0. The fourth-order valence-electron chi connectivity index (χ4n) is 7.71. The summed E-state index contributed by atoms with van der Waals surface area (Å²) in [6, 6.07) is 11.5. The number of unbranched alkanes of at least 4 members (excludes halogenated alkanes) is 1. The minimum Gasteiger partial charge on any atom is -0.385 e. The smallest absolute Gasteiger partial charge is 0.279 e. The molecule has 0 spiro atoms. The van der Waals surface area contributed by atoms with Gasteiger partial charge in [-0.1, -0.05) is 24.3 Å². The van der Waals surface area contributed by atoms with Crippen LogP contribution in [0.15, 0.2) is 66.2 Å². The van der Waals surface area contributed by atoms with Gasteiger partial charge in [0.15, 0.2) is 0 Å². The van der Waals surface area contributed by atoms with E-state index in [-0.39, 0.29) is 16.1 Å². The molecule has 1 saturated heterocycles. The van der Waals surface area contributed by atoms with Crippen molar-refractivity contribution in [2.45, 2.75) is 68.6 Å². The first-order chi connectivity index (χ1) is 22.6. The number of benzene rings is 1. The second kappa shape index (κ2) is 15.9. The Morgan fingerprint density at radius 2 is 1.68 bits per heavy atom. The normalized spacial score (nSPS) is 22.9. The van der Waals surface area contributed by atoms with Crippen LogP contribution in [0.5, 0.6) is 0 Å². The number of pyridine rings is 1. The lowest BCUT2D eigenvalue weighted by atomic mass is 9.75. The van der Waals surface area contributed by atoms with Crippen molar-refractivity contribution >= 4 is 35.1 Å². The largest absolute Gasteiger partial charge is 0.385 e. The summed E-state index contributed by atoms with van der Waals surface area (Å²) >= 11 is 8.18. The number of fused-ring (bicyclic) bond motifs is 2. The predicted octanol–water partition coefficient (Wildman–Crippen LogP) is 7.50. The molecule has 2 heterocycles. The Bertz CT molecular complexity index is 1330. The molecule has 5 rings (SSSR count). The third kappa shape index (κ3) is 8.10. The minimum absolute atomic E-state index is 0.0195. The topological polar surface area (TPSA) is 86.7 Å². The van der Waals surface area contributed by atoms with Gasteiger partial charge >= 0.3 is 0 Å². The van der Waals surface area contributed by atoms with Crippen LogP contribution >= 0.6 is 23.5 Å². The Hall–Kier alpha value is -2.37. The molecule has 0 atom stereocenters. The maximum Gasteiger partial charge on any atom is 0.279 e. The number of rotatable bonds is 18. The maximum absolute atomic E-state index is 16.7. The number of hydrogen-bond acceptors (Lipinski definition) is 8. The van der Waals surface area contributed by atoms with Gasteiger partial charge in [-0.3, -0.25) is 0 Å². The highest BCUT2D eigenvalue weighted by Crippen LogP contribution is 2.71. The monoisotopic (exact) mass is 687 g/mol. The van der Waals surface area contributed by atoms with Gasteiger partial charge in [-0.25, -0.2) is 18.1 Å². The minimum atomic E-state index is -3.03. The Labute approximate surface area is 289 Å². The van der Waals surface area contributed by atoms with Gasteiger partial charge in [0, 0.05) is 78.5 Å². The molecule has 7 nitrogen and oxygen atoms in total. The van der Waals surface area contributed by atoms with Crippen molar-refractivity contribution in [1.82, 2.24) is 14.2 Å². The van der Waals surface area contributed by atoms with Crippen molar-refractivity contribution in [2.24, 2.45) is 22.3 Å². The summed E-state index contributed by atoms with van der Waals surface area (Å²) in [5.74, 6) is -2.50. The molecule has 1 aromatic carbocycles. The van der Waals surface area contributed by atoms with Crippen LogP contribution in [0.25, 0.3) is 0 Å². The molecule has 1 aliphatic heterocycles. The van der Waals surface area contributed by atoms with E-state index in [2.05, 4.69) is 61.8 Å². The van der Waals surface area contributed by atoms with E-state index in [9.17, 15) is 0 Å². The summed E-state index contributed by atoms with van der Waals surface area (Å²) in [7, 11) is 0. The van der Waals surface area contributed by atoms with Crippen LogP contribution in [-0.2, 0) is 5.92 Å².